The molecule has 0 unspecified atom stereocenters. The molecule has 1 aromatic rings. The number of hydrogen-bond acceptors (Lipinski definition) is 0. The average molecular weight is 234 g/mol. The minimum absolute atomic E-state index is 0.874. The monoisotopic (exact) mass is 233 g/mol. The molecular weight excluding hydrogens is 224 g/mol. The Morgan fingerprint density at radius 1 is 1.62 bits per heavy atom. The van der Waals surface area contributed by atoms with Crippen molar-refractivity contribution in [2.45, 2.75) is 6.92 Å². The Balaban J connectivity index is 3.25. The van der Waals surface area contributed by atoms with Gasteiger partial charge in [0.15, 0.2) is 0 Å². The zero-order chi connectivity index (χ0) is 9.84. The Bertz CT molecular complexity index is 358. The Morgan fingerprint density at radius 3 is 2.85 bits per heavy atom. The Morgan fingerprint density at radius 2 is 2.31 bits per heavy atom. The molecule has 0 saturated carbocycles. The van der Waals surface area contributed by atoms with Crippen molar-refractivity contribution in [2.24, 2.45) is 0 Å². The summed E-state index contributed by atoms with van der Waals surface area (Å²) < 4.78 is 0.968. The van der Waals surface area contributed by atoms with Crippen molar-refractivity contribution in [3.63, 3.8) is 0 Å². The normalized spacial score (nSPS) is 9.69. The second-order valence-corrected chi connectivity index (χ2v) is 3.49. The first-order chi connectivity index (χ1) is 6.20. The molecular formula is C12H10Br. The lowest BCUT2D eigenvalue weighted by Crippen LogP contribution is -1.93. The topological polar surface area (TPSA) is 0 Å². The van der Waals surface area contributed by atoms with Crippen molar-refractivity contribution in [1.82, 2.24) is 0 Å². The van der Waals surface area contributed by atoms with Crippen molar-refractivity contribution in [3.05, 3.63) is 52.4 Å². The van der Waals surface area contributed by atoms with Crippen LogP contribution in [0, 0.1) is 18.3 Å². The van der Waals surface area contributed by atoms with E-state index in [4.69, 9.17) is 6.42 Å². The van der Waals surface area contributed by atoms with Crippen LogP contribution in [0.1, 0.15) is 18.1 Å². The highest BCUT2D eigenvalue weighted by molar-refractivity contribution is 9.10. The minimum atomic E-state index is 0.874. The van der Waals surface area contributed by atoms with Crippen LogP contribution in [0.5, 0.6) is 0 Å². The van der Waals surface area contributed by atoms with Crippen molar-refractivity contribution in [1.29, 1.82) is 0 Å². The molecule has 0 fully saturated rings. The molecule has 0 saturated heterocycles. The number of halogens is 1. The number of hydrogen-bond donors (Lipinski definition) is 0. The van der Waals surface area contributed by atoms with Crippen LogP contribution in [-0.2, 0) is 0 Å². The van der Waals surface area contributed by atoms with Crippen molar-refractivity contribution < 1.29 is 0 Å². The summed E-state index contributed by atoms with van der Waals surface area (Å²) in [7, 11) is 0. The highest BCUT2D eigenvalue weighted by Gasteiger charge is 2.08. The fourth-order valence-corrected chi connectivity index (χ4v) is 1.75. The molecule has 1 rings (SSSR count). The highest BCUT2D eigenvalue weighted by Crippen LogP contribution is 2.27. The molecule has 0 aliphatic carbocycles. The predicted molar refractivity (Wildman–Crippen MR) is 60.3 cm³/mol. The molecule has 0 aromatic heterocycles. The van der Waals surface area contributed by atoms with Gasteiger partial charge in [-0.3, -0.25) is 0 Å². The van der Waals surface area contributed by atoms with E-state index in [0.717, 1.165) is 21.5 Å². The van der Waals surface area contributed by atoms with E-state index in [1.54, 1.807) is 0 Å². The van der Waals surface area contributed by atoms with Gasteiger partial charge in [0.05, 0.1) is 0 Å². The van der Waals surface area contributed by atoms with Gasteiger partial charge in [-0.05, 0) is 27.6 Å². The summed E-state index contributed by atoms with van der Waals surface area (Å²) >= 11 is 3.47. The largest absolute Gasteiger partial charge is 0.115 e. The lowest BCUT2D eigenvalue weighted by molar-refractivity contribution is 1.24. The molecule has 1 radical (unpaired) electrons. The van der Waals surface area contributed by atoms with Gasteiger partial charge in [0.25, 0.3) is 0 Å². The third kappa shape index (κ3) is 2.02. The second kappa shape index (κ2) is 4.30. The maximum Gasteiger partial charge on any atom is 0.0387 e. The highest BCUT2D eigenvalue weighted by atomic mass is 79.9. The van der Waals surface area contributed by atoms with Crippen molar-refractivity contribution in [2.75, 3.05) is 0 Å². The van der Waals surface area contributed by atoms with Crippen LogP contribution in [0.3, 0.4) is 0 Å². The molecule has 1 aromatic carbocycles. The molecule has 65 valence electrons. The van der Waals surface area contributed by atoms with E-state index in [1.165, 1.54) is 0 Å². The summed E-state index contributed by atoms with van der Waals surface area (Å²) in [6.07, 6.45) is 7.17. The van der Waals surface area contributed by atoms with Gasteiger partial charge in [-0.15, -0.1) is 13.0 Å². The minimum Gasteiger partial charge on any atom is -0.115 e. The average Bonchev–Trinajstić information content (AvgIpc) is 2.17. The third-order valence-electron chi connectivity index (χ3n) is 1.89. The molecule has 0 spiro atoms. The molecule has 0 nitrogen and oxygen atoms in total. The van der Waals surface area contributed by atoms with Crippen LogP contribution in [0.25, 0.3) is 0 Å². The Kier molecular flexibility index (Phi) is 3.33. The van der Waals surface area contributed by atoms with Gasteiger partial charge < -0.3 is 0 Å². The molecule has 0 N–H and O–H groups in total. The summed E-state index contributed by atoms with van der Waals surface area (Å²) in [5, 5.41) is 0. The molecule has 0 aliphatic rings. The van der Waals surface area contributed by atoms with Gasteiger partial charge in [0.2, 0.25) is 0 Å². The smallest absolute Gasteiger partial charge is 0.0387 e. The maximum atomic E-state index is 5.35. The van der Waals surface area contributed by atoms with Crippen LogP contribution in [0.4, 0.5) is 0 Å². The van der Waals surface area contributed by atoms with E-state index in [2.05, 4.69) is 28.4 Å². The number of benzene rings is 1. The van der Waals surface area contributed by atoms with E-state index in [9.17, 15) is 0 Å². The molecule has 13 heavy (non-hydrogen) atoms. The zero-order valence-corrected chi connectivity index (χ0v) is 9.06. The first-order valence-electron chi connectivity index (χ1n) is 3.92. The molecule has 0 bridgehead atoms. The third-order valence-corrected chi connectivity index (χ3v) is 2.74. The SMILES string of the molecule is C#Cc1cccc([C](C)C=C)c1Br. The number of rotatable bonds is 2. The summed E-state index contributed by atoms with van der Waals surface area (Å²) in [6, 6.07) is 5.87. The van der Waals surface area contributed by atoms with Gasteiger partial charge in [0.1, 0.15) is 0 Å². The zero-order valence-electron chi connectivity index (χ0n) is 7.47. The molecule has 0 amide bonds. The van der Waals surface area contributed by atoms with Gasteiger partial charge in [-0.1, -0.05) is 31.1 Å². The lowest BCUT2D eigenvalue weighted by Gasteiger charge is -2.09. The van der Waals surface area contributed by atoms with Gasteiger partial charge in [0, 0.05) is 16.0 Å². The summed E-state index contributed by atoms with van der Waals surface area (Å²) in [6.45, 7) is 5.73. The maximum absolute atomic E-state index is 5.35. The van der Waals surface area contributed by atoms with Crippen molar-refractivity contribution >= 4 is 15.9 Å². The first-order valence-corrected chi connectivity index (χ1v) is 4.71. The van der Waals surface area contributed by atoms with Crippen LogP contribution < -0.4 is 0 Å². The Labute approximate surface area is 87.8 Å². The standard InChI is InChI=1S/C12H10Br/c1-4-9(3)11-8-6-7-10(5-2)12(11)13/h2,4,6-8H,1H2,3H3. The fourth-order valence-electron chi connectivity index (χ4n) is 1.06. The van der Waals surface area contributed by atoms with Crippen LogP contribution in [0.2, 0.25) is 0 Å². The summed E-state index contributed by atoms with van der Waals surface area (Å²) in [5.41, 5.74) is 1.98. The number of allylic oxidation sites excluding steroid dienone is 1. The van der Waals surface area contributed by atoms with Crippen LogP contribution in [-0.4, -0.2) is 0 Å². The summed E-state index contributed by atoms with van der Waals surface area (Å²) in [4.78, 5) is 0. The van der Waals surface area contributed by atoms with Crippen LogP contribution >= 0.6 is 15.9 Å². The van der Waals surface area contributed by atoms with Gasteiger partial charge in [-0.25, -0.2) is 0 Å². The van der Waals surface area contributed by atoms with Crippen molar-refractivity contribution in [3.8, 4) is 12.3 Å². The van der Waals surface area contributed by atoms with E-state index in [-0.39, 0.29) is 0 Å². The van der Waals surface area contributed by atoms with E-state index in [0.29, 0.717) is 0 Å². The predicted octanol–water partition coefficient (Wildman–Crippen LogP) is 3.56. The molecule has 0 aliphatic heterocycles. The fraction of sp³-hybridized carbons (Fsp3) is 0.0833. The second-order valence-electron chi connectivity index (χ2n) is 2.70. The lowest BCUT2D eigenvalue weighted by atomic mass is 9.99. The number of terminal acetylenes is 1. The van der Waals surface area contributed by atoms with E-state index < -0.39 is 0 Å². The van der Waals surface area contributed by atoms with Gasteiger partial charge in [-0.2, -0.15) is 0 Å². The summed E-state index contributed by atoms with van der Waals surface area (Å²) in [5.74, 6) is 3.73. The molecule has 1 heteroatoms. The van der Waals surface area contributed by atoms with Gasteiger partial charge >= 0.3 is 0 Å². The quantitative estimate of drug-likeness (QED) is 0.686. The van der Waals surface area contributed by atoms with Crippen LogP contribution in [0.15, 0.2) is 35.3 Å². The first kappa shape index (κ1) is 10.1. The van der Waals surface area contributed by atoms with E-state index >= 15 is 0 Å². The Hall–Kier alpha value is -1.00. The molecule has 0 atom stereocenters. The molecule has 0 heterocycles. The van der Waals surface area contributed by atoms with E-state index in [1.807, 2.05) is 31.2 Å².